The Bertz CT molecular complexity index is 1270. The van der Waals surface area contributed by atoms with Crippen LogP contribution in [0.15, 0.2) is 43.0 Å². The number of nitrogens with one attached hydrogen (secondary N) is 2. The molecule has 10 heteroatoms. The van der Waals surface area contributed by atoms with Crippen molar-refractivity contribution < 1.29 is 27.6 Å². The fourth-order valence-electron chi connectivity index (χ4n) is 5.71. The molecule has 2 N–H and O–H groups in total. The summed E-state index contributed by atoms with van der Waals surface area (Å²) < 4.78 is 24.9. The van der Waals surface area contributed by atoms with Gasteiger partial charge in [0, 0.05) is 19.0 Å². The van der Waals surface area contributed by atoms with Crippen LogP contribution in [-0.4, -0.2) is 67.7 Å². The highest BCUT2D eigenvalue weighted by Crippen LogP contribution is 2.65. The largest absolute Gasteiger partial charge is 0.348 e. The fourth-order valence-corrected chi connectivity index (χ4v) is 6.97. The zero-order valence-electron chi connectivity index (χ0n) is 25.1. The summed E-state index contributed by atoms with van der Waals surface area (Å²) in [5.41, 5.74) is 0.252. The molecular weight excluding hydrogens is 542 g/mol. The molecule has 2 fully saturated rings. The van der Waals surface area contributed by atoms with Gasteiger partial charge in [-0.05, 0) is 41.1 Å². The molecule has 3 rings (SSSR count). The van der Waals surface area contributed by atoms with Crippen molar-refractivity contribution in [1.29, 1.82) is 0 Å². The van der Waals surface area contributed by atoms with Gasteiger partial charge in [-0.3, -0.25) is 19.2 Å². The third-order valence-electron chi connectivity index (χ3n) is 8.87. The topological polar surface area (TPSA) is 130 Å². The summed E-state index contributed by atoms with van der Waals surface area (Å²) in [6, 6.07) is 6.86. The average molecular weight is 588 g/mol. The number of hydrogen-bond acceptors (Lipinski definition) is 6. The van der Waals surface area contributed by atoms with Crippen LogP contribution in [0.1, 0.15) is 59.9 Å². The zero-order valence-corrected chi connectivity index (χ0v) is 25.9. The number of amides is 3. The van der Waals surface area contributed by atoms with Crippen molar-refractivity contribution in [3.8, 4) is 0 Å². The lowest BCUT2D eigenvalue weighted by molar-refractivity contribution is -0.146. The molecule has 1 aliphatic heterocycles. The van der Waals surface area contributed by atoms with Crippen LogP contribution in [0.25, 0.3) is 0 Å². The number of rotatable bonds is 13. The van der Waals surface area contributed by atoms with E-state index in [1.807, 2.05) is 27.7 Å². The molecule has 41 heavy (non-hydrogen) atoms. The van der Waals surface area contributed by atoms with Gasteiger partial charge in [-0.1, -0.05) is 78.0 Å². The van der Waals surface area contributed by atoms with Gasteiger partial charge in [-0.25, -0.2) is 8.42 Å². The van der Waals surface area contributed by atoms with Gasteiger partial charge in [0.25, 0.3) is 5.91 Å². The van der Waals surface area contributed by atoms with Crippen molar-refractivity contribution in [2.24, 2.45) is 28.6 Å². The van der Waals surface area contributed by atoms with E-state index < -0.39 is 39.5 Å². The number of carbonyl (C=O) groups excluding carboxylic acids is 4. The molecule has 0 radical (unpaired) electrons. The maximum Gasteiger partial charge on any atom is 0.289 e. The van der Waals surface area contributed by atoms with Gasteiger partial charge >= 0.3 is 0 Å². The smallest absolute Gasteiger partial charge is 0.289 e. The van der Waals surface area contributed by atoms with Crippen LogP contribution < -0.4 is 10.6 Å². The van der Waals surface area contributed by atoms with Crippen molar-refractivity contribution in [2.45, 2.75) is 72.2 Å². The predicted molar refractivity (Wildman–Crippen MR) is 158 cm³/mol. The SMILES string of the molecule is C=CCCC(NC(=O)[C@@H]1[C@@H]2[C@H](CN1C(=O)[C@@H](C)C(C)(C)C)C2(C)C)C(=O)C(=O)NCCS(=O)(=O)Cc1ccccc1. The summed E-state index contributed by atoms with van der Waals surface area (Å²) in [5.74, 6) is -2.99. The third kappa shape index (κ3) is 7.64. The maximum absolute atomic E-state index is 13.7. The number of benzene rings is 1. The van der Waals surface area contributed by atoms with E-state index in [-0.39, 0.29) is 59.0 Å². The Morgan fingerprint density at radius 3 is 2.37 bits per heavy atom. The Morgan fingerprint density at radius 1 is 1.15 bits per heavy atom. The first kappa shape index (κ1) is 32.5. The molecule has 1 unspecified atom stereocenters. The number of sulfone groups is 1. The number of fused-ring (bicyclic) bond motifs is 1. The number of carbonyl (C=O) groups is 4. The van der Waals surface area contributed by atoms with Crippen LogP contribution in [-0.2, 0) is 34.8 Å². The van der Waals surface area contributed by atoms with Crippen molar-refractivity contribution in [3.63, 3.8) is 0 Å². The van der Waals surface area contributed by atoms with Crippen LogP contribution in [0, 0.1) is 28.6 Å². The molecule has 3 amide bonds. The fraction of sp³-hybridized carbons (Fsp3) is 0.613. The molecule has 1 saturated carbocycles. The molecule has 1 aliphatic carbocycles. The number of allylic oxidation sites excluding steroid dienone is 1. The molecule has 5 atom stereocenters. The van der Waals surface area contributed by atoms with E-state index in [2.05, 4.69) is 31.1 Å². The second-order valence-electron chi connectivity index (χ2n) is 13.1. The van der Waals surface area contributed by atoms with Crippen molar-refractivity contribution in [1.82, 2.24) is 15.5 Å². The highest BCUT2D eigenvalue weighted by molar-refractivity contribution is 7.90. The standard InChI is InChI=1S/C31H45N3O6S/c1-8-9-15-23(26(35)28(37)32-16-17-41(39,40)19-21-13-11-10-12-14-21)33-27(36)25-24-22(31(24,6)7)18-34(25)29(38)20(2)30(3,4)5/h8,10-14,20,22-25H,1,9,15-19H2,2-7H3,(H,32,37)(H,33,36)/t20-,22+,23?,24+,25+/m1/s1. The Hall–Kier alpha value is -3.01. The minimum Gasteiger partial charge on any atom is -0.348 e. The van der Waals surface area contributed by atoms with E-state index in [1.54, 1.807) is 41.3 Å². The zero-order chi connectivity index (χ0) is 30.8. The lowest BCUT2D eigenvalue weighted by Gasteiger charge is -2.36. The quantitative estimate of drug-likeness (QED) is 0.270. The molecule has 226 valence electrons. The number of piperidine rings is 1. The monoisotopic (exact) mass is 587 g/mol. The van der Waals surface area contributed by atoms with Crippen LogP contribution in [0.2, 0.25) is 0 Å². The molecule has 9 nitrogen and oxygen atoms in total. The van der Waals surface area contributed by atoms with Crippen LogP contribution in [0.5, 0.6) is 0 Å². The Labute approximate surface area is 244 Å². The summed E-state index contributed by atoms with van der Waals surface area (Å²) in [6.07, 6.45) is 2.13. The second kappa shape index (κ2) is 12.5. The Morgan fingerprint density at radius 2 is 1.78 bits per heavy atom. The summed E-state index contributed by atoms with van der Waals surface area (Å²) in [6.45, 7) is 15.9. The third-order valence-corrected chi connectivity index (χ3v) is 10.5. The minimum absolute atomic E-state index is 0.0302. The lowest BCUT2D eigenvalue weighted by Crippen LogP contribution is -2.56. The van der Waals surface area contributed by atoms with Gasteiger partial charge in [0.2, 0.25) is 17.6 Å². The van der Waals surface area contributed by atoms with E-state index in [0.29, 0.717) is 18.5 Å². The summed E-state index contributed by atoms with van der Waals surface area (Å²) in [7, 11) is -3.51. The summed E-state index contributed by atoms with van der Waals surface area (Å²) in [5, 5.41) is 5.17. The number of Topliss-reactive ketones (excluding diaryl/α,β-unsaturated/α-hetero) is 1. The van der Waals surface area contributed by atoms with Crippen molar-refractivity contribution in [3.05, 3.63) is 48.6 Å². The molecular formula is C31H45N3O6S. The predicted octanol–water partition coefficient (Wildman–Crippen LogP) is 2.90. The highest BCUT2D eigenvalue weighted by atomic mass is 32.2. The van der Waals surface area contributed by atoms with Gasteiger partial charge in [-0.15, -0.1) is 6.58 Å². The second-order valence-corrected chi connectivity index (χ2v) is 15.3. The van der Waals surface area contributed by atoms with Gasteiger partial charge in [0.05, 0.1) is 17.5 Å². The Balaban J connectivity index is 1.67. The number of nitrogens with zero attached hydrogens (tertiary/aromatic N) is 1. The van der Waals surface area contributed by atoms with Crippen molar-refractivity contribution in [2.75, 3.05) is 18.8 Å². The van der Waals surface area contributed by atoms with Gasteiger partial charge < -0.3 is 15.5 Å². The first-order valence-corrected chi connectivity index (χ1v) is 16.1. The van der Waals surface area contributed by atoms with E-state index in [0.717, 1.165) is 0 Å². The van der Waals surface area contributed by atoms with Gasteiger partial charge in [-0.2, -0.15) is 0 Å². The molecule has 2 aliphatic rings. The number of hydrogen-bond donors (Lipinski definition) is 2. The number of ketones is 1. The van der Waals surface area contributed by atoms with Crippen molar-refractivity contribution >= 4 is 33.3 Å². The molecule has 0 aromatic heterocycles. The molecule has 0 spiro atoms. The first-order valence-electron chi connectivity index (χ1n) is 14.3. The molecule has 1 aromatic carbocycles. The molecule has 1 aromatic rings. The van der Waals surface area contributed by atoms with Gasteiger partial charge in [0.1, 0.15) is 6.04 Å². The average Bonchev–Trinajstić information content (AvgIpc) is 3.22. The van der Waals surface area contributed by atoms with E-state index in [4.69, 9.17) is 0 Å². The summed E-state index contributed by atoms with van der Waals surface area (Å²) in [4.78, 5) is 54.7. The van der Waals surface area contributed by atoms with Crippen LogP contribution in [0.3, 0.4) is 0 Å². The van der Waals surface area contributed by atoms with E-state index >= 15 is 0 Å². The van der Waals surface area contributed by atoms with Gasteiger partial charge in [0.15, 0.2) is 9.84 Å². The molecule has 1 heterocycles. The highest BCUT2D eigenvalue weighted by Gasteiger charge is 2.69. The lowest BCUT2D eigenvalue weighted by atomic mass is 9.81. The van der Waals surface area contributed by atoms with E-state index in [1.165, 1.54) is 0 Å². The van der Waals surface area contributed by atoms with Crippen LogP contribution >= 0.6 is 0 Å². The number of likely N-dealkylation sites (tertiary alicyclic amines) is 1. The Kier molecular flexibility index (Phi) is 9.88. The molecule has 0 bridgehead atoms. The molecule has 1 saturated heterocycles. The normalized spacial score (nSPS) is 22.7. The summed E-state index contributed by atoms with van der Waals surface area (Å²) >= 11 is 0. The first-order chi connectivity index (χ1) is 19.0. The minimum atomic E-state index is -3.51. The van der Waals surface area contributed by atoms with Crippen LogP contribution in [0.4, 0.5) is 0 Å². The van der Waals surface area contributed by atoms with E-state index in [9.17, 15) is 27.6 Å². The maximum atomic E-state index is 13.7.